The largest absolute Gasteiger partial charge is 0.489 e. The van der Waals surface area contributed by atoms with E-state index < -0.39 is 11.8 Å². The number of anilines is 2. The second-order valence-electron chi connectivity index (χ2n) is 9.18. The van der Waals surface area contributed by atoms with Crippen LogP contribution in [0.15, 0.2) is 115 Å². The Morgan fingerprint density at radius 3 is 1.50 bits per heavy atom. The number of hydrogen-bond acceptors (Lipinski definition) is 6. The van der Waals surface area contributed by atoms with Gasteiger partial charge in [0.15, 0.2) is 0 Å². The molecule has 2 amide bonds. The number of nitrogen functional groups attached to an aromatic ring is 1. The summed E-state index contributed by atoms with van der Waals surface area (Å²) in [6.45, 7) is 0.534. The van der Waals surface area contributed by atoms with E-state index in [1.807, 2.05) is 36.4 Å². The molecule has 5 aromatic rings. The topological polar surface area (TPSA) is 94.8 Å². The number of amides is 2. The van der Waals surface area contributed by atoms with E-state index in [1.165, 1.54) is 0 Å². The number of nitrogens with zero attached hydrogens (tertiary/aromatic N) is 2. The smallest absolute Gasteiger partial charge is 0.266 e. The summed E-state index contributed by atoms with van der Waals surface area (Å²) in [5, 5.41) is 1.21. The number of carbonyl (C=O) groups is 2. The zero-order chi connectivity index (χ0) is 29.5. The lowest BCUT2D eigenvalue weighted by Gasteiger charge is -2.21. The maximum Gasteiger partial charge on any atom is 0.266 e. The number of ether oxygens (including phenoxy) is 2. The molecule has 2 N–H and O–H groups in total. The molecule has 0 spiro atoms. The molecule has 0 bridgehead atoms. The minimum Gasteiger partial charge on any atom is -0.489 e. The first-order chi connectivity index (χ1) is 20.4. The molecule has 4 aromatic carbocycles. The molecule has 5 rings (SSSR count). The van der Waals surface area contributed by atoms with Crippen LogP contribution in [0, 0.1) is 0 Å². The minimum absolute atomic E-state index is 0.100. The fraction of sp³-hybridized carbons (Fsp3) is 0.0606. The van der Waals surface area contributed by atoms with Crippen molar-refractivity contribution >= 4 is 46.7 Å². The maximum atomic E-state index is 13.7. The summed E-state index contributed by atoms with van der Waals surface area (Å²) in [5.74, 6) is 0.204. The zero-order valence-electron chi connectivity index (χ0n) is 22.2. The van der Waals surface area contributed by atoms with Gasteiger partial charge in [-0.2, -0.15) is 0 Å². The van der Waals surface area contributed by atoms with Crippen LogP contribution in [0.25, 0.3) is 0 Å². The van der Waals surface area contributed by atoms with E-state index in [9.17, 15) is 9.59 Å². The van der Waals surface area contributed by atoms with Gasteiger partial charge >= 0.3 is 0 Å². The van der Waals surface area contributed by atoms with Gasteiger partial charge in [-0.1, -0.05) is 65.7 Å². The Bertz CT molecular complexity index is 1600. The van der Waals surface area contributed by atoms with Crippen molar-refractivity contribution in [1.29, 1.82) is 0 Å². The molecular weight excluding hydrogens is 573 g/mol. The monoisotopic (exact) mass is 597 g/mol. The van der Waals surface area contributed by atoms with Crippen molar-refractivity contribution in [2.45, 2.75) is 13.2 Å². The van der Waals surface area contributed by atoms with E-state index in [2.05, 4.69) is 4.98 Å². The van der Waals surface area contributed by atoms with Gasteiger partial charge in [0, 0.05) is 32.3 Å². The standard InChI is InChI=1S/C33H25Cl2N3O4/c34-28-8-3-1-6-24(28)20-41-26-16-12-22(13-17-26)32(39)38(31-11-5-10-30(36)37-31)33(40)23-14-18-27(19-15-23)42-21-25-7-2-4-9-29(25)35/h1-19H,20-21H2,(H2,36,37). The highest BCUT2D eigenvalue weighted by atomic mass is 35.5. The van der Waals surface area contributed by atoms with Gasteiger partial charge in [-0.3, -0.25) is 9.59 Å². The van der Waals surface area contributed by atoms with Crippen LogP contribution in [0.2, 0.25) is 10.0 Å². The van der Waals surface area contributed by atoms with Gasteiger partial charge in [0.25, 0.3) is 11.8 Å². The maximum absolute atomic E-state index is 13.7. The van der Waals surface area contributed by atoms with Crippen molar-refractivity contribution < 1.29 is 19.1 Å². The lowest BCUT2D eigenvalue weighted by atomic mass is 10.1. The first-order valence-corrected chi connectivity index (χ1v) is 13.7. The second kappa shape index (κ2) is 13.2. The summed E-state index contributed by atoms with van der Waals surface area (Å²) >= 11 is 12.4. The van der Waals surface area contributed by atoms with Crippen LogP contribution < -0.4 is 20.1 Å². The fourth-order valence-corrected chi connectivity index (χ4v) is 4.44. The summed E-state index contributed by atoms with van der Waals surface area (Å²) in [4.78, 5) is 32.6. The van der Waals surface area contributed by atoms with Crippen molar-refractivity contribution in [3.05, 3.63) is 148 Å². The Morgan fingerprint density at radius 2 is 1.07 bits per heavy atom. The van der Waals surface area contributed by atoms with Gasteiger partial charge in [-0.25, -0.2) is 9.88 Å². The highest BCUT2D eigenvalue weighted by Gasteiger charge is 2.27. The first-order valence-electron chi connectivity index (χ1n) is 12.9. The predicted octanol–water partition coefficient (Wildman–Crippen LogP) is 7.62. The number of hydrogen-bond donors (Lipinski definition) is 1. The van der Waals surface area contributed by atoms with Crippen molar-refractivity contribution in [3.63, 3.8) is 0 Å². The van der Waals surface area contributed by atoms with E-state index in [0.29, 0.717) is 21.5 Å². The Morgan fingerprint density at radius 1 is 0.619 bits per heavy atom. The van der Waals surface area contributed by atoms with E-state index >= 15 is 0 Å². The van der Waals surface area contributed by atoms with E-state index in [0.717, 1.165) is 16.0 Å². The van der Waals surface area contributed by atoms with Crippen LogP contribution in [-0.2, 0) is 13.2 Å². The molecular formula is C33H25Cl2N3O4. The van der Waals surface area contributed by atoms with Gasteiger partial charge in [0.05, 0.1) is 0 Å². The molecule has 0 aliphatic carbocycles. The van der Waals surface area contributed by atoms with Crippen molar-refractivity contribution in [2.75, 3.05) is 10.6 Å². The third-order valence-electron chi connectivity index (χ3n) is 6.30. The van der Waals surface area contributed by atoms with Crippen molar-refractivity contribution in [3.8, 4) is 11.5 Å². The van der Waals surface area contributed by atoms with E-state index in [4.69, 9.17) is 38.4 Å². The summed E-state index contributed by atoms with van der Waals surface area (Å²) < 4.78 is 11.7. The average Bonchev–Trinajstić information content (AvgIpc) is 3.01. The quantitative estimate of drug-likeness (QED) is 0.176. The predicted molar refractivity (Wildman–Crippen MR) is 164 cm³/mol. The van der Waals surface area contributed by atoms with Crippen molar-refractivity contribution in [2.24, 2.45) is 0 Å². The third kappa shape index (κ3) is 6.89. The van der Waals surface area contributed by atoms with Crippen LogP contribution in [0.3, 0.4) is 0 Å². The molecule has 1 aromatic heterocycles. The van der Waals surface area contributed by atoms with Gasteiger partial charge in [-0.05, 0) is 72.8 Å². The van der Waals surface area contributed by atoms with Gasteiger partial charge in [0.2, 0.25) is 0 Å². The van der Waals surface area contributed by atoms with E-state index in [-0.39, 0.29) is 36.0 Å². The van der Waals surface area contributed by atoms with Crippen LogP contribution in [0.4, 0.5) is 11.6 Å². The molecule has 1 heterocycles. The molecule has 210 valence electrons. The lowest BCUT2D eigenvalue weighted by molar-refractivity contribution is 0.0896. The summed E-state index contributed by atoms with van der Waals surface area (Å²) in [7, 11) is 0. The van der Waals surface area contributed by atoms with Crippen LogP contribution in [0.5, 0.6) is 11.5 Å². The van der Waals surface area contributed by atoms with Crippen LogP contribution in [0.1, 0.15) is 31.8 Å². The average molecular weight is 598 g/mol. The number of benzene rings is 4. The third-order valence-corrected chi connectivity index (χ3v) is 7.04. The highest BCUT2D eigenvalue weighted by molar-refractivity contribution is 6.31. The number of nitrogens with two attached hydrogens (primary N) is 1. The van der Waals surface area contributed by atoms with Crippen molar-refractivity contribution in [1.82, 2.24) is 4.98 Å². The van der Waals surface area contributed by atoms with Crippen LogP contribution in [-0.4, -0.2) is 16.8 Å². The van der Waals surface area contributed by atoms with Gasteiger partial charge < -0.3 is 15.2 Å². The number of imide groups is 1. The molecule has 42 heavy (non-hydrogen) atoms. The molecule has 0 saturated heterocycles. The van der Waals surface area contributed by atoms with E-state index in [1.54, 1.807) is 78.9 Å². The highest BCUT2D eigenvalue weighted by Crippen LogP contribution is 2.24. The molecule has 0 aliphatic heterocycles. The summed E-state index contributed by atoms with van der Waals surface area (Å²) in [6.07, 6.45) is 0. The Balaban J connectivity index is 1.33. The normalized spacial score (nSPS) is 10.6. The Labute approximate surface area is 253 Å². The summed E-state index contributed by atoms with van der Waals surface area (Å²) in [5.41, 5.74) is 8.08. The minimum atomic E-state index is -0.574. The lowest BCUT2D eigenvalue weighted by Crippen LogP contribution is -2.37. The Hall–Kier alpha value is -4.85. The molecule has 7 nitrogen and oxygen atoms in total. The fourth-order valence-electron chi connectivity index (χ4n) is 4.06. The molecule has 0 saturated carbocycles. The van der Waals surface area contributed by atoms with Gasteiger partial charge in [-0.15, -0.1) is 0 Å². The molecule has 0 aliphatic rings. The number of halogens is 2. The first kappa shape index (κ1) is 28.7. The molecule has 9 heteroatoms. The Kier molecular flexibility index (Phi) is 9.02. The molecule has 0 fully saturated rings. The molecule has 0 atom stereocenters. The van der Waals surface area contributed by atoms with Crippen LogP contribution >= 0.6 is 23.2 Å². The zero-order valence-corrected chi connectivity index (χ0v) is 23.8. The number of carbonyl (C=O) groups excluding carboxylic acids is 2. The SMILES string of the molecule is Nc1cccc(N(C(=O)c2ccc(OCc3ccccc3Cl)cc2)C(=O)c2ccc(OCc3ccccc3Cl)cc2)n1. The number of pyridine rings is 1. The molecule has 0 unspecified atom stereocenters. The number of rotatable bonds is 9. The van der Waals surface area contributed by atoms with Gasteiger partial charge in [0.1, 0.15) is 36.3 Å². The molecule has 0 radical (unpaired) electrons. The summed E-state index contributed by atoms with van der Waals surface area (Å²) in [6, 6.07) is 32.5. The second-order valence-corrected chi connectivity index (χ2v) is 9.99. The number of aromatic nitrogens is 1.